The number of rotatable bonds is 38. The van der Waals surface area contributed by atoms with E-state index in [4.69, 9.17) is 18.5 Å². The second kappa shape index (κ2) is 39.9. The summed E-state index contributed by atoms with van der Waals surface area (Å²) in [6.07, 6.45) is 36.4. The number of carbonyl (C=O) groups excluding carboxylic acids is 2. The Morgan fingerprint density at radius 3 is 1.60 bits per heavy atom. The van der Waals surface area contributed by atoms with Crippen LogP contribution in [0.5, 0.6) is 0 Å². The molecule has 0 saturated heterocycles. The minimum atomic E-state index is -5.39. The molecule has 17 nitrogen and oxygen atoms in total. The van der Waals surface area contributed by atoms with Gasteiger partial charge in [0.1, 0.15) is 43.2 Å². The van der Waals surface area contributed by atoms with Gasteiger partial charge < -0.3 is 49.7 Å². The molecule has 1 saturated carbocycles. The molecule has 0 amide bonds. The molecule has 1 rings (SSSR count). The van der Waals surface area contributed by atoms with E-state index in [1.165, 1.54) is 19.3 Å². The highest BCUT2D eigenvalue weighted by molar-refractivity contribution is 7.47. The van der Waals surface area contributed by atoms with Crippen LogP contribution in [0.4, 0.5) is 0 Å². The maximum Gasteiger partial charge on any atom is 0.472 e. The number of unbranched alkanes of at least 4 members (excludes halogenated alkanes) is 4. The highest BCUT2D eigenvalue weighted by atomic mass is 31.2. The quantitative estimate of drug-likeness (QED) is 0.00946. The molecule has 0 aromatic heterocycles. The van der Waals surface area contributed by atoms with Crippen molar-refractivity contribution in [3.8, 4) is 0 Å². The third kappa shape index (κ3) is 33.9. The van der Waals surface area contributed by atoms with Crippen molar-refractivity contribution < 1.29 is 82.0 Å². The molecule has 0 bridgehead atoms. The summed E-state index contributed by atoms with van der Waals surface area (Å²) in [4.78, 5) is 54.3. The molecule has 19 heteroatoms. The first-order chi connectivity index (χ1) is 33.5. The van der Waals surface area contributed by atoms with Crippen LogP contribution >= 0.6 is 15.6 Å². The van der Waals surface area contributed by atoms with E-state index < -0.39 is 89.6 Å². The Bertz CT molecular complexity index is 1830. The first-order valence-electron chi connectivity index (χ1n) is 24.2. The van der Waals surface area contributed by atoms with Gasteiger partial charge in [-0.1, -0.05) is 148 Å². The molecule has 396 valence electrons. The van der Waals surface area contributed by atoms with E-state index in [9.17, 15) is 58.9 Å². The van der Waals surface area contributed by atoms with Crippen molar-refractivity contribution >= 4 is 27.6 Å². The number of phosphoric ester groups is 2. The van der Waals surface area contributed by atoms with Crippen molar-refractivity contribution in [2.45, 2.75) is 172 Å². The van der Waals surface area contributed by atoms with Gasteiger partial charge in [0.25, 0.3) is 0 Å². The lowest BCUT2D eigenvalue weighted by atomic mass is 9.85. The second-order valence-electron chi connectivity index (χ2n) is 16.3. The third-order valence-corrected chi connectivity index (χ3v) is 11.6. The Balaban J connectivity index is 2.69. The largest absolute Gasteiger partial charge is 0.472 e. The summed E-state index contributed by atoms with van der Waals surface area (Å²) in [6, 6.07) is 0. The molecule has 0 heterocycles. The van der Waals surface area contributed by atoms with E-state index in [0.717, 1.165) is 38.5 Å². The molecule has 8 N–H and O–H groups in total. The fourth-order valence-electron chi connectivity index (χ4n) is 6.36. The second-order valence-corrected chi connectivity index (χ2v) is 18.9. The highest BCUT2D eigenvalue weighted by Crippen LogP contribution is 2.49. The topological polar surface area (TPSA) is 276 Å². The molecule has 70 heavy (non-hydrogen) atoms. The van der Waals surface area contributed by atoms with Crippen molar-refractivity contribution in [3.63, 3.8) is 0 Å². The average molecular weight is 1030 g/mol. The zero-order chi connectivity index (χ0) is 51.9. The van der Waals surface area contributed by atoms with Crippen molar-refractivity contribution in [2.24, 2.45) is 0 Å². The van der Waals surface area contributed by atoms with Crippen LogP contribution in [0.1, 0.15) is 123 Å². The van der Waals surface area contributed by atoms with E-state index >= 15 is 0 Å². The van der Waals surface area contributed by atoms with Gasteiger partial charge in [0.05, 0.1) is 12.7 Å². The van der Waals surface area contributed by atoms with Crippen LogP contribution in [0.3, 0.4) is 0 Å². The summed E-state index contributed by atoms with van der Waals surface area (Å²) in [5, 5.41) is 51.1. The number of carbonyl (C=O) groups is 2. The Labute approximate surface area is 414 Å². The van der Waals surface area contributed by atoms with Crippen molar-refractivity contribution in [1.82, 2.24) is 0 Å². The third-order valence-electron chi connectivity index (χ3n) is 10.1. The van der Waals surface area contributed by atoms with Gasteiger partial charge in [-0.15, -0.1) is 0 Å². The van der Waals surface area contributed by atoms with Gasteiger partial charge in [-0.05, 0) is 83.5 Å². The normalized spacial score (nSPS) is 22.5. The fourth-order valence-corrected chi connectivity index (χ4v) is 7.90. The van der Waals surface area contributed by atoms with Crippen LogP contribution in [0, 0.1) is 0 Å². The first-order valence-corrected chi connectivity index (χ1v) is 27.2. The molecule has 1 aliphatic carbocycles. The number of allylic oxidation sites excluding steroid dienone is 18. The minimum Gasteiger partial charge on any atom is -0.462 e. The highest BCUT2D eigenvalue weighted by Gasteiger charge is 2.54. The lowest BCUT2D eigenvalue weighted by Gasteiger charge is -2.43. The smallest absolute Gasteiger partial charge is 0.462 e. The van der Waals surface area contributed by atoms with Crippen molar-refractivity contribution in [3.05, 3.63) is 122 Å². The summed E-state index contributed by atoms with van der Waals surface area (Å²) >= 11 is 0. The minimum absolute atomic E-state index is 0.0395. The number of ether oxygens (including phenoxy) is 2. The molecule has 6 unspecified atom stereocenters. The van der Waals surface area contributed by atoms with Crippen LogP contribution in [0.15, 0.2) is 122 Å². The Kier molecular flexibility index (Phi) is 36.7. The molecule has 1 aliphatic rings. The number of aliphatic hydroxyl groups is 5. The molecular weight excluding hydrogens is 946 g/mol. The predicted octanol–water partition coefficient (Wildman–Crippen LogP) is 8.47. The maximum absolute atomic E-state index is 13.0. The number of esters is 2. The van der Waals surface area contributed by atoms with Gasteiger partial charge in [0.15, 0.2) is 6.10 Å². The molecular formula is C51H80O17P2. The summed E-state index contributed by atoms with van der Waals surface area (Å²) < 4.78 is 49.2. The van der Waals surface area contributed by atoms with Crippen molar-refractivity contribution in [1.29, 1.82) is 0 Å². The lowest BCUT2D eigenvalue weighted by molar-refractivity contribution is -0.216. The van der Waals surface area contributed by atoms with E-state index in [1.54, 1.807) is 12.2 Å². The molecule has 0 radical (unpaired) electrons. The molecule has 1 fully saturated rings. The van der Waals surface area contributed by atoms with Gasteiger partial charge >= 0.3 is 27.6 Å². The molecule has 0 aromatic carbocycles. The van der Waals surface area contributed by atoms with E-state index in [1.807, 2.05) is 85.9 Å². The van der Waals surface area contributed by atoms with E-state index in [0.29, 0.717) is 38.5 Å². The summed E-state index contributed by atoms with van der Waals surface area (Å²) in [7, 11) is -10.7. The Morgan fingerprint density at radius 2 is 1.06 bits per heavy atom. The van der Waals surface area contributed by atoms with E-state index in [2.05, 4.69) is 41.8 Å². The predicted molar refractivity (Wildman–Crippen MR) is 270 cm³/mol. The number of hydrogen-bond acceptors (Lipinski definition) is 14. The van der Waals surface area contributed by atoms with Gasteiger partial charge in [-0.3, -0.25) is 23.2 Å². The fraction of sp³-hybridized carbons (Fsp3) is 0.569. The number of hydrogen-bond donors (Lipinski definition) is 8. The average Bonchev–Trinajstić information content (AvgIpc) is 3.31. The monoisotopic (exact) mass is 1030 g/mol. The Morgan fingerprint density at radius 1 is 0.543 bits per heavy atom. The molecule has 0 aliphatic heterocycles. The zero-order valence-electron chi connectivity index (χ0n) is 40.7. The summed E-state index contributed by atoms with van der Waals surface area (Å²) in [5.74, 6) is -1.40. The van der Waals surface area contributed by atoms with Crippen LogP contribution < -0.4 is 0 Å². The Hall–Kier alpha value is -3.64. The number of phosphoric acid groups is 2. The molecule has 0 aromatic rings. The van der Waals surface area contributed by atoms with Crippen LogP contribution in [-0.4, -0.2) is 114 Å². The number of aliphatic hydroxyl groups excluding tert-OH is 5. The molecule has 0 spiro atoms. The standard InChI is InChI=1S/C51H80O17P2/c1-3-5-7-8-9-10-11-12-13-14-15-18-22-25-28-31-35-39-45(54)66-43(41-65-70(62,63)68-51-48(57)46(55)47(56)50(49(51)58)67-69(59,60)61)40-64-44(53)38-34-30-27-24-21-19-16-17-20-23-26-29-33-37-42(52)36-32-6-4-2/h6,9-10,12-13,15,17-21,25-30,32-33,37,42-43,46-52,55-58H,3-5,7-8,11,14,16,22-24,31,34-36,38-41H2,1-2H3,(H,62,63)(H2,59,60,61)/b10-9-,13-12-,18-15-,20-17-,21-19-,28-25-,29-26+,30-27-,32-6-,37-33+/t42?,43-,46?,47?,48?,49?,50-,51+/m1/s1. The van der Waals surface area contributed by atoms with E-state index in [-0.39, 0.29) is 12.8 Å². The van der Waals surface area contributed by atoms with Crippen LogP contribution in [-0.2, 0) is 41.8 Å². The van der Waals surface area contributed by atoms with Crippen LogP contribution in [0.25, 0.3) is 0 Å². The van der Waals surface area contributed by atoms with Crippen molar-refractivity contribution in [2.75, 3.05) is 13.2 Å². The van der Waals surface area contributed by atoms with Gasteiger partial charge in [0, 0.05) is 12.8 Å². The SMILES string of the molecule is CC/C=C\CC(O)/C=C/C=C/C/C=C\C/C=C\C/C=C\CCC(=O)OC[C@H](COP(=O)(O)O[C@H]1C(O)C(O)C(O)[C@@H](OP(=O)(O)O)C1O)OC(=O)CCC/C=C\C/C=C\C/C=C\C/C=C\CCCCC. The summed E-state index contributed by atoms with van der Waals surface area (Å²) in [6.45, 7) is 2.75. The first kappa shape index (κ1) is 64.4. The lowest BCUT2D eigenvalue weighted by Crippen LogP contribution is -2.64. The van der Waals surface area contributed by atoms with Gasteiger partial charge in [-0.25, -0.2) is 9.13 Å². The zero-order valence-corrected chi connectivity index (χ0v) is 42.5. The van der Waals surface area contributed by atoms with Gasteiger partial charge in [-0.2, -0.15) is 0 Å². The summed E-state index contributed by atoms with van der Waals surface area (Å²) in [5.41, 5.74) is 0. The van der Waals surface area contributed by atoms with Gasteiger partial charge in [0.2, 0.25) is 0 Å². The molecule has 9 atom stereocenters. The van der Waals surface area contributed by atoms with Crippen LogP contribution in [0.2, 0.25) is 0 Å². The maximum atomic E-state index is 13.0.